The number of aliphatic carboxylic acids is 1. The second-order valence-electron chi connectivity index (χ2n) is 3.71. The number of halogens is 2. The van der Waals surface area contributed by atoms with E-state index in [0.29, 0.717) is 0 Å². The Morgan fingerprint density at radius 3 is 2.56 bits per heavy atom. The Labute approximate surface area is 109 Å². The Hall–Kier alpha value is -1.18. The van der Waals surface area contributed by atoms with Crippen LogP contribution in [-0.4, -0.2) is 25.5 Å². The second-order valence-corrected chi connectivity index (χ2v) is 5.80. The maximum Gasteiger partial charge on any atom is 0.321 e. The van der Waals surface area contributed by atoms with Crippen LogP contribution in [0.2, 0.25) is 5.02 Å². The third kappa shape index (κ3) is 3.18. The van der Waals surface area contributed by atoms with Crippen LogP contribution >= 0.6 is 11.6 Å². The van der Waals surface area contributed by atoms with Crippen molar-refractivity contribution in [1.29, 1.82) is 0 Å². The van der Waals surface area contributed by atoms with Gasteiger partial charge in [0.1, 0.15) is 16.8 Å². The van der Waals surface area contributed by atoms with E-state index >= 15 is 0 Å². The molecule has 1 aromatic carbocycles. The zero-order valence-corrected chi connectivity index (χ0v) is 11.1. The minimum Gasteiger partial charge on any atom is -0.480 e. The van der Waals surface area contributed by atoms with Gasteiger partial charge in [-0.1, -0.05) is 11.6 Å². The monoisotopic (exact) mass is 295 g/mol. The molecule has 0 radical (unpaired) electrons. The fourth-order valence-electron chi connectivity index (χ4n) is 1.18. The van der Waals surface area contributed by atoms with Crippen LogP contribution in [0.1, 0.15) is 12.5 Å². The number of hydrogen-bond acceptors (Lipinski definition) is 3. The quantitative estimate of drug-likeness (QED) is 0.882. The summed E-state index contributed by atoms with van der Waals surface area (Å²) >= 11 is 5.64. The van der Waals surface area contributed by atoms with Gasteiger partial charge in [0, 0.05) is 0 Å². The third-order valence-electron chi connectivity index (χ3n) is 2.21. The lowest BCUT2D eigenvalue weighted by Crippen LogP contribution is -2.38. The first-order valence-electron chi connectivity index (χ1n) is 4.86. The van der Waals surface area contributed by atoms with Gasteiger partial charge in [0.15, 0.2) is 0 Å². The van der Waals surface area contributed by atoms with Gasteiger partial charge in [-0.15, -0.1) is 0 Å². The van der Waals surface area contributed by atoms with Crippen LogP contribution in [-0.2, 0) is 14.8 Å². The van der Waals surface area contributed by atoms with E-state index in [1.54, 1.807) is 0 Å². The Morgan fingerprint density at radius 2 is 2.06 bits per heavy atom. The van der Waals surface area contributed by atoms with E-state index in [1.807, 2.05) is 4.72 Å². The van der Waals surface area contributed by atoms with Crippen molar-refractivity contribution in [3.05, 3.63) is 28.5 Å². The number of hydrogen-bond donors (Lipinski definition) is 2. The fourth-order valence-corrected chi connectivity index (χ4v) is 2.98. The van der Waals surface area contributed by atoms with Crippen LogP contribution in [0.5, 0.6) is 0 Å². The zero-order chi connectivity index (χ0) is 14.1. The van der Waals surface area contributed by atoms with Crippen molar-refractivity contribution in [3.8, 4) is 0 Å². The molecule has 100 valence electrons. The second kappa shape index (κ2) is 5.21. The summed E-state index contributed by atoms with van der Waals surface area (Å²) in [6, 6.07) is 0.613. The smallest absolute Gasteiger partial charge is 0.321 e. The standard InChI is InChI=1S/C10H11ClFNO4S/c1-5-3-9(7(11)4-8(5)12)18(16,17)13-6(2)10(14)15/h3-4,6,13H,1-2H3,(H,14,15)/t6-/m1/s1. The highest BCUT2D eigenvalue weighted by Gasteiger charge is 2.24. The number of aryl methyl sites for hydroxylation is 1. The van der Waals surface area contributed by atoms with Crippen molar-refractivity contribution < 1.29 is 22.7 Å². The average Bonchev–Trinajstić information content (AvgIpc) is 2.22. The van der Waals surface area contributed by atoms with Gasteiger partial charge < -0.3 is 5.11 Å². The van der Waals surface area contributed by atoms with Crippen LogP contribution in [0.25, 0.3) is 0 Å². The number of carboxylic acids is 1. The molecule has 0 heterocycles. The number of rotatable bonds is 4. The van der Waals surface area contributed by atoms with Crippen LogP contribution in [0.4, 0.5) is 4.39 Å². The first kappa shape index (κ1) is 14.9. The molecule has 0 aliphatic heterocycles. The summed E-state index contributed by atoms with van der Waals surface area (Å²) in [6.45, 7) is 2.55. The largest absolute Gasteiger partial charge is 0.480 e. The third-order valence-corrected chi connectivity index (χ3v) is 4.21. The molecule has 0 fully saturated rings. The maximum absolute atomic E-state index is 13.1. The fraction of sp³-hybridized carbons (Fsp3) is 0.300. The van der Waals surface area contributed by atoms with Gasteiger partial charge in [0.2, 0.25) is 10.0 Å². The number of benzene rings is 1. The van der Waals surface area contributed by atoms with E-state index in [1.165, 1.54) is 13.8 Å². The molecular formula is C10H11ClFNO4S. The topological polar surface area (TPSA) is 83.5 Å². The predicted octanol–water partition coefficient (Wildman–Crippen LogP) is 1.54. The first-order chi connectivity index (χ1) is 8.15. The lowest BCUT2D eigenvalue weighted by Gasteiger charge is -2.12. The molecule has 0 saturated heterocycles. The highest BCUT2D eigenvalue weighted by Crippen LogP contribution is 2.24. The molecule has 0 aromatic heterocycles. The molecule has 0 amide bonds. The minimum absolute atomic E-state index is 0.0998. The zero-order valence-electron chi connectivity index (χ0n) is 9.57. The lowest BCUT2D eigenvalue weighted by atomic mass is 10.2. The molecule has 1 rings (SSSR count). The Balaban J connectivity index is 3.21. The summed E-state index contributed by atoms with van der Waals surface area (Å²) in [4.78, 5) is 10.2. The highest BCUT2D eigenvalue weighted by molar-refractivity contribution is 7.89. The van der Waals surface area contributed by atoms with Gasteiger partial charge in [-0.05, 0) is 31.5 Å². The molecule has 18 heavy (non-hydrogen) atoms. The normalized spacial score (nSPS) is 13.3. The lowest BCUT2D eigenvalue weighted by molar-refractivity contribution is -0.138. The van der Waals surface area contributed by atoms with E-state index in [2.05, 4.69) is 0 Å². The van der Waals surface area contributed by atoms with E-state index in [-0.39, 0.29) is 15.5 Å². The van der Waals surface area contributed by atoms with Crippen LogP contribution in [0.15, 0.2) is 17.0 Å². The molecule has 0 aliphatic carbocycles. The van der Waals surface area contributed by atoms with Crippen molar-refractivity contribution in [2.75, 3.05) is 0 Å². The van der Waals surface area contributed by atoms with Crippen molar-refractivity contribution in [2.24, 2.45) is 0 Å². The van der Waals surface area contributed by atoms with Gasteiger partial charge in [-0.3, -0.25) is 4.79 Å². The summed E-state index contributed by atoms with van der Waals surface area (Å²) in [6.07, 6.45) is 0. The number of nitrogens with one attached hydrogen (secondary N) is 1. The minimum atomic E-state index is -4.10. The van der Waals surface area contributed by atoms with E-state index in [4.69, 9.17) is 16.7 Å². The summed E-state index contributed by atoms with van der Waals surface area (Å²) < 4.78 is 38.8. The molecule has 1 atom stereocenters. The summed E-state index contributed by atoms with van der Waals surface area (Å²) in [5.41, 5.74) is 0.0998. The van der Waals surface area contributed by atoms with Gasteiger partial charge >= 0.3 is 5.97 Å². The molecule has 2 N–H and O–H groups in total. The van der Waals surface area contributed by atoms with Crippen molar-refractivity contribution in [3.63, 3.8) is 0 Å². The molecule has 5 nitrogen and oxygen atoms in total. The van der Waals surface area contributed by atoms with E-state index < -0.39 is 27.9 Å². The van der Waals surface area contributed by atoms with Crippen molar-refractivity contribution >= 4 is 27.6 Å². The first-order valence-corrected chi connectivity index (χ1v) is 6.72. The van der Waals surface area contributed by atoms with Gasteiger partial charge in [0.25, 0.3) is 0 Å². The number of sulfonamides is 1. The molecule has 0 unspecified atom stereocenters. The maximum atomic E-state index is 13.1. The Kier molecular flexibility index (Phi) is 4.31. The number of carboxylic acid groups (broad SMARTS) is 1. The molecule has 0 bridgehead atoms. The molecule has 1 aromatic rings. The van der Waals surface area contributed by atoms with Crippen LogP contribution in [0.3, 0.4) is 0 Å². The Bertz CT molecular complexity index is 588. The van der Waals surface area contributed by atoms with E-state index in [0.717, 1.165) is 12.1 Å². The van der Waals surface area contributed by atoms with Crippen molar-refractivity contribution in [1.82, 2.24) is 4.72 Å². The van der Waals surface area contributed by atoms with Gasteiger partial charge in [-0.2, -0.15) is 4.72 Å². The number of carbonyl (C=O) groups is 1. The summed E-state index contributed by atoms with van der Waals surface area (Å²) in [5, 5.41) is 8.34. The molecular weight excluding hydrogens is 285 g/mol. The SMILES string of the molecule is Cc1cc(S(=O)(=O)N[C@H](C)C(=O)O)c(Cl)cc1F. The van der Waals surface area contributed by atoms with Gasteiger partial charge in [0.05, 0.1) is 5.02 Å². The van der Waals surface area contributed by atoms with Crippen LogP contribution in [0, 0.1) is 12.7 Å². The molecule has 0 aliphatic rings. The summed E-state index contributed by atoms with van der Waals surface area (Å²) in [7, 11) is -4.10. The van der Waals surface area contributed by atoms with Gasteiger partial charge in [-0.25, -0.2) is 12.8 Å². The summed E-state index contributed by atoms with van der Waals surface area (Å²) in [5.74, 6) is -1.96. The van der Waals surface area contributed by atoms with Crippen LogP contribution < -0.4 is 4.72 Å². The average molecular weight is 296 g/mol. The Morgan fingerprint density at radius 1 is 1.50 bits per heavy atom. The van der Waals surface area contributed by atoms with Crippen molar-refractivity contribution in [2.45, 2.75) is 24.8 Å². The molecule has 0 spiro atoms. The predicted molar refractivity (Wildman–Crippen MR) is 63.6 cm³/mol. The van der Waals surface area contributed by atoms with E-state index in [9.17, 15) is 17.6 Å². The highest BCUT2D eigenvalue weighted by atomic mass is 35.5. The molecule has 0 saturated carbocycles. The molecule has 8 heteroatoms.